The average Bonchev–Trinajstić information content (AvgIpc) is 2.94. The van der Waals surface area contributed by atoms with Crippen molar-refractivity contribution in [3.63, 3.8) is 0 Å². The standard InChI is InChI=1S/C15H16N2O/c1-11-14(10-13-8-5-9-17(11)13)15(18)16-12-6-3-2-4-7-12/h2-4,6-7,10H,5,8-9H2,1H3,(H,16,18). The zero-order chi connectivity index (χ0) is 12.5. The highest BCUT2D eigenvalue weighted by Crippen LogP contribution is 2.23. The predicted molar refractivity (Wildman–Crippen MR) is 71.9 cm³/mol. The Morgan fingerprint density at radius 2 is 2.06 bits per heavy atom. The zero-order valence-electron chi connectivity index (χ0n) is 10.4. The van der Waals surface area contributed by atoms with Crippen LogP contribution in [0.25, 0.3) is 0 Å². The Bertz CT molecular complexity index is 584. The van der Waals surface area contributed by atoms with Crippen LogP contribution in [0.15, 0.2) is 36.4 Å². The number of amides is 1. The summed E-state index contributed by atoms with van der Waals surface area (Å²) < 4.78 is 2.25. The summed E-state index contributed by atoms with van der Waals surface area (Å²) in [5, 5.41) is 2.94. The van der Waals surface area contributed by atoms with Gasteiger partial charge in [-0.1, -0.05) is 18.2 Å². The average molecular weight is 240 g/mol. The fourth-order valence-electron chi connectivity index (χ4n) is 2.60. The Morgan fingerprint density at radius 1 is 1.28 bits per heavy atom. The summed E-state index contributed by atoms with van der Waals surface area (Å²) in [5.74, 6) is -0.0133. The first kappa shape index (κ1) is 11.1. The third-order valence-electron chi connectivity index (χ3n) is 3.54. The number of carbonyl (C=O) groups excluding carboxylic acids is 1. The molecule has 2 heterocycles. The lowest BCUT2D eigenvalue weighted by Gasteiger charge is -2.06. The lowest BCUT2D eigenvalue weighted by atomic mass is 10.2. The molecule has 1 aromatic heterocycles. The molecule has 1 aromatic carbocycles. The van der Waals surface area contributed by atoms with Crippen molar-refractivity contribution >= 4 is 11.6 Å². The fourth-order valence-corrected chi connectivity index (χ4v) is 2.60. The van der Waals surface area contributed by atoms with Gasteiger partial charge in [0.25, 0.3) is 5.91 Å². The van der Waals surface area contributed by atoms with E-state index in [1.54, 1.807) is 0 Å². The van der Waals surface area contributed by atoms with Gasteiger partial charge in [0.05, 0.1) is 5.56 Å². The monoisotopic (exact) mass is 240 g/mol. The Hall–Kier alpha value is -2.03. The van der Waals surface area contributed by atoms with Gasteiger partial charge in [-0.15, -0.1) is 0 Å². The maximum Gasteiger partial charge on any atom is 0.257 e. The first-order chi connectivity index (χ1) is 8.75. The van der Waals surface area contributed by atoms with Crippen molar-refractivity contribution in [2.75, 3.05) is 5.32 Å². The molecule has 0 radical (unpaired) electrons. The van der Waals surface area contributed by atoms with E-state index in [2.05, 4.69) is 9.88 Å². The van der Waals surface area contributed by atoms with Gasteiger partial charge in [0.1, 0.15) is 0 Å². The molecule has 0 saturated heterocycles. The van der Waals surface area contributed by atoms with Gasteiger partial charge in [0.15, 0.2) is 0 Å². The Morgan fingerprint density at radius 3 is 2.78 bits per heavy atom. The van der Waals surface area contributed by atoms with Gasteiger partial charge in [0.2, 0.25) is 0 Å². The van der Waals surface area contributed by atoms with Gasteiger partial charge >= 0.3 is 0 Å². The molecule has 0 spiro atoms. The number of fused-ring (bicyclic) bond motifs is 1. The summed E-state index contributed by atoms with van der Waals surface area (Å²) >= 11 is 0. The largest absolute Gasteiger partial charge is 0.348 e. The molecule has 0 aliphatic carbocycles. The summed E-state index contributed by atoms with van der Waals surface area (Å²) in [6.07, 6.45) is 2.27. The van der Waals surface area contributed by atoms with Crippen molar-refractivity contribution < 1.29 is 4.79 Å². The van der Waals surface area contributed by atoms with Crippen molar-refractivity contribution in [3.05, 3.63) is 53.3 Å². The maximum absolute atomic E-state index is 12.2. The fraction of sp³-hybridized carbons (Fsp3) is 0.267. The predicted octanol–water partition coefficient (Wildman–Crippen LogP) is 3.00. The first-order valence-corrected chi connectivity index (χ1v) is 6.31. The molecule has 0 saturated carbocycles. The molecular weight excluding hydrogens is 224 g/mol. The van der Waals surface area contributed by atoms with E-state index in [1.807, 2.05) is 43.3 Å². The van der Waals surface area contributed by atoms with E-state index in [9.17, 15) is 4.79 Å². The van der Waals surface area contributed by atoms with Crippen LogP contribution >= 0.6 is 0 Å². The van der Waals surface area contributed by atoms with Crippen LogP contribution in [0.5, 0.6) is 0 Å². The first-order valence-electron chi connectivity index (χ1n) is 6.31. The summed E-state index contributed by atoms with van der Waals surface area (Å²) in [6.45, 7) is 3.06. The van der Waals surface area contributed by atoms with E-state index in [0.29, 0.717) is 0 Å². The number of aromatic nitrogens is 1. The highest BCUT2D eigenvalue weighted by atomic mass is 16.1. The van der Waals surface area contributed by atoms with Crippen molar-refractivity contribution in [1.29, 1.82) is 0 Å². The van der Waals surface area contributed by atoms with E-state index in [1.165, 1.54) is 12.1 Å². The molecular formula is C15H16N2O. The van der Waals surface area contributed by atoms with Crippen LogP contribution in [0.3, 0.4) is 0 Å². The third-order valence-corrected chi connectivity index (χ3v) is 3.54. The molecule has 0 fully saturated rings. The zero-order valence-corrected chi connectivity index (χ0v) is 10.4. The molecule has 1 N–H and O–H groups in total. The summed E-state index contributed by atoms with van der Waals surface area (Å²) in [4.78, 5) is 12.2. The molecule has 92 valence electrons. The summed E-state index contributed by atoms with van der Waals surface area (Å²) in [7, 11) is 0. The number of hydrogen-bond donors (Lipinski definition) is 1. The number of nitrogens with zero attached hydrogens (tertiary/aromatic N) is 1. The van der Waals surface area contributed by atoms with Crippen LogP contribution in [-0.4, -0.2) is 10.5 Å². The molecule has 3 nitrogen and oxygen atoms in total. The van der Waals surface area contributed by atoms with Crippen molar-refractivity contribution in [2.45, 2.75) is 26.3 Å². The molecule has 3 rings (SSSR count). The second-order valence-corrected chi connectivity index (χ2v) is 4.71. The Balaban J connectivity index is 1.85. The van der Waals surface area contributed by atoms with Crippen LogP contribution in [0.2, 0.25) is 0 Å². The second kappa shape index (κ2) is 4.33. The molecule has 1 aliphatic rings. The van der Waals surface area contributed by atoms with Gasteiger partial charge in [-0.05, 0) is 38.0 Å². The van der Waals surface area contributed by atoms with Gasteiger partial charge < -0.3 is 9.88 Å². The smallest absolute Gasteiger partial charge is 0.257 e. The number of benzene rings is 1. The van der Waals surface area contributed by atoms with E-state index in [0.717, 1.165) is 29.9 Å². The number of nitrogens with one attached hydrogen (secondary N) is 1. The molecule has 0 unspecified atom stereocenters. The molecule has 1 amide bonds. The topological polar surface area (TPSA) is 34.0 Å². The lowest BCUT2D eigenvalue weighted by Crippen LogP contribution is -2.13. The highest BCUT2D eigenvalue weighted by molar-refractivity contribution is 6.05. The number of rotatable bonds is 2. The van der Waals surface area contributed by atoms with Crippen LogP contribution in [-0.2, 0) is 13.0 Å². The molecule has 0 bridgehead atoms. The summed E-state index contributed by atoms with van der Waals surface area (Å²) in [6, 6.07) is 11.6. The van der Waals surface area contributed by atoms with Gasteiger partial charge in [-0.3, -0.25) is 4.79 Å². The molecule has 3 heteroatoms. The van der Waals surface area contributed by atoms with Crippen molar-refractivity contribution in [1.82, 2.24) is 4.57 Å². The van der Waals surface area contributed by atoms with E-state index in [-0.39, 0.29) is 5.91 Å². The van der Waals surface area contributed by atoms with Crippen molar-refractivity contribution in [3.8, 4) is 0 Å². The molecule has 18 heavy (non-hydrogen) atoms. The Kier molecular flexibility index (Phi) is 2.67. The molecule has 1 aliphatic heterocycles. The molecule has 0 atom stereocenters. The van der Waals surface area contributed by atoms with Crippen molar-refractivity contribution in [2.24, 2.45) is 0 Å². The number of para-hydroxylation sites is 1. The maximum atomic E-state index is 12.2. The minimum absolute atomic E-state index is 0.0133. The third kappa shape index (κ3) is 1.82. The Labute approximate surface area is 106 Å². The minimum atomic E-state index is -0.0133. The highest BCUT2D eigenvalue weighted by Gasteiger charge is 2.20. The number of carbonyl (C=O) groups is 1. The normalized spacial score (nSPS) is 13.4. The van der Waals surface area contributed by atoms with Crippen LogP contribution < -0.4 is 5.32 Å². The van der Waals surface area contributed by atoms with Crippen LogP contribution in [0, 0.1) is 6.92 Å². The second-order valence-electron chi connectivity index (χ2n) is 4.71. The number of anilines is 1. The van der Waals surface area contributed by atoms with E-state index >= 15 is 0 Å². The SMILES string of the molecule is Cc1c(C(=O)Nc2ccccc2)cc2n1CCC2. The van der Waals surface area contributed by atoms with Crippen LogP contribution in [0.1, 0.15) is 28.2 Å². The van der Waals surface area contributed by atoms with E-state index in [4.69, 9.17) is 0 Å². The van der Waals surface area contributed by atoms with Gasteiger partial charge in [-0.25, -0.2) is 0 Å². The van der Waals surface area contributed by atoms with Gasteiger partial charge in [-0.2, -0.15) is 0 Å². The van der Waals surface area contributed by atoms with Crippen LogP contribution in [0.4, 0.5) is 5.69 Å². The number of hydrogen-bond acceptors (Lipinski definition) is 1. The van der Waals surface area contributed by atoms with E-state index < -0.39 is 0 Å². The molecule has 2 aromatic rings. The minimum Gasteiger partial charge on any atom is -0.348 e. The van der Waals surface area contributed by atoms with Gasteiger partial charge in [0, 0.05) is 23.6 Å². The summed E-state index contributed by atoms with van der Waals surface area (Å²) in [5.41, 5.74) is 4.00. The lowest BCUT2D eigenvalue weighted by molar-refractivity contribution is 0.102. The number of aryl methyl sites for hydroxylation is 1. The quantitative estimate of drug-likeness (QED) is 0.860.